The molecule has 110 valence electrons. The lowest BCUT2D eigenvalue weighted by molar-refractivity contribution is -0.120. The average Bonchev–Trinajstić information content (AvgIpc) is 3.18. The first kappa shape index (κ1) is 13.6. The molecule has 3 atom stereocenters. The van der Waals surface area contributed by atoms with E-state index in [1.165, 1.54) is 12.8 Å². The van der Waals surface area contributed by atoms with Crippen molar-refractivity contribution in [1.29, 1.82) is 0 Å². The lowest BCUT2D eigenvalue weighted by atomic mass is 9.85. The number of hydrogen-bond donors (Lipinski definition) is 2. The number of carbonyl (C=O) groups is 1. The van der Waals surface area contributed by atoms with Crippen LogP contribution in [-0.2, 0) is 4.79 Å². The lowest BCUT2D eigenvalue weighted by Gasteiger charge is -2.26. The van der Waals surface area contributed by atoms with Crippen LogP contribution >= 0.6 is 0 Å². The maximum Gasteiger partial charge on any atom is 0.228 e. The van der Waals surface area contributed by atoms with Gasteiger partial charge in [0.25, 0.3) is 0 Å². The highest BCUT2D eigenvalue weighted by Crippen LogP contribution is 2.40. The van der Waals surface area contributed by atoms with Crippen molar-refractivity contribution in [3.63, 3.8) is 0 Å². The second-order valence-corrected chi connectivity index (χ2v) is 6.35. The van der Waals surface area contributed by atoms with E-state index in [2.05, 4.69) is 17.3 Å². The van der Waals surface area contributed by atoms with Crippen LogP contribution in [0.2, 0.25) is 0 Å². The molecular weight excluding hydrogens is 252 g/mol. The Bertz CT molecular complexity index is 480. The molecule has 1 aromatic heterocycles. The van der Waals surface area contributed by atoms with Crippen LogP contribution < -0.4 is 11.1 Å². The third-order valence-corrected chi connectivity index (χ3v) is 4.70. The third kappa shape index (κ3) is 2.87. The second kappa shape index (κ2) is 5.56. The molecule has 3 unspecified atom stereocenters. The summed E-state index contributed by atoms with van der Waals surface area (Å²) in [5, 5.41) is 7.42. The molecule has 2 aliphatic carbocycles. The highest BCUT2D eigenvalue weighted by molar-refractivity contribution is 5.91. The van der Waals surface area contributed by atoms with Gasteiger partial charge in [-0.1, -0.05) is 6.42 Å². The first-order valence-electron chi connectivity index (χ1n) is 7.75. The first-order valence-corrected chi connectivity index (χ1v) is 7.75. The highest BCUT2D eigenvalue weighted by atomic mass is 16.2. The molecule has 1 heterocycles. The summed E-state index contributed by atoms with van der Waals surface area (Å²) >= 11 is 0. The molecule has 0 spiro atoms. The van der Waals surface area contributed by atoms with Crippen molar-refractivity contribution in [2.24, 2.45) is 17.6 Å². The second-order valence-electron chi connectivity index (χ2n) is 6.35. The zero-order valence-electron chi connectivity index (χ0n) is 12.1. The lowest BCUT2D eigenvalue weighted by Crippen LogP contribution is -2.34. The van der Waals surface area contributed by atoms with Crippen molar-refractivity contribution < 1.29 is 4.79 Å². The maximum atomic E-state index is 12.4. The number of nitrogens with two attached hydrogens (primary N) is 1. The maximum absolute atomic E-state index is 12.4. The number of nitrogens with zero attached hydrogens (tertiary/aromatic N) is 2. The fourth-order valence-corrected chi connectivity index (χ4v) is 3.21. The Morgan fingerprint density at radius 3 is 2.95 bits per heavy atom. The molecule has 2 aliphatic rings. The van der Waals surface area contributed by atoms with Gasteiger partial charge >= 0.3 is 0 Å². The number of rotatable bonds is 4. The smallest absolute Gasteiger partial charge is 0.228 e. The van der Waals surface area contributed by atoms with Crippen LogP contribution in [0.5, 0.6) is 0 Å². The number of anilines is 1. The van der Waals surface area contributed by atoms with Crippen LogP contribution in [-0.4, -0.2) is 21.7 Å². The fourth-order valence-electron chi connectivity index (χ4n) is 3.21. The highest BCUT2D eigenvalue weighted by Gasteiger charge is 2.31. The normalized spacial score (nSPS) is 28.1. The molecule has 0 radical (unpaired) electrons. The zero-order chi connectivity index (χ0) is 14.1. The predicted molar refractivity (Wildman–Crippen MR) is 78.2 cm³/mol. The van der Waals surface area contributed by atoms with E-state index in [9.17, 15) is 4.79 Å². The van der Waals surface area contributed by atoms with E-state index in [0.29, 0.717) is 12.0 Å². The van der Waals surface area contributed by atoms with Crippen LogP contribution in [0.4, 0.5) is 5.82 Å². The minimum Gasteiger partial charge on any atom is -0.328 e. The van der Waals surface area contributed by atoms with Crippen molar-refractivity contribution in [3.05, 3.63) is 12.3 Å². The number of aromatic nitrogens is 2. The summed E-state index contributed by atoms with van der Waals surface area (Å²) in [4.78, 5) is 12.4. The Hall–Kier alpha value is -1.36. The number of carbonyl (C=O) groups excluding carboxylic acids is 1. The van der Waals surface area contributed by atoms with Crippen LogP contribution in [0.3, 0.4) is 0 Å². The average molecular weight is 276 g/mol. The first-order chi connectivity index (χ1) is 9.65. The molecular formula is C15H24N4O. The van der Waals surface area contributed by atoms with Gasteiger partial charge in [0.1, 0.15) is 5.82 Å². The molecule has 3 rings (SSSR count). The van der Waals surface area contributed by atoms with E-state index < -0.39 is 0 Å². The van der Waals surface area contributed by atoms with Crippen molar-refractivity contribution in [2.75, 3.05) is 5.32 Å². The van der Waals surface area contributed by atoms with Gasteiger partial charge in [-0.15, -0.1) is 0 Å². The Morgan fingerprint density at radius 2 is 2.25 bits per heavy atom. The van der Waals surface area contributed by atoms with Gasteiger partial charge < -0.3 is 11.1 Å². The molecule has 2 saturated carbocycles. The van der Waals surface area contributed by atoms with Crippen molar-refractivity contribution in [1.82, 2.24) is 9.78 Å². The third-order valence-electron chi connectivity index (χ3n) is 4.70. The van der Waals surface area contributed by atoms with Crippen LogP contribution in [0.25, 0.3) is 0 Å². The summed E-state index contributed by atoms with van der Waals surface area (Å²) in [7, 11) is 0. The molecule has 5 nitrogen and oxygen atoms in total. The molecule has 1 aromatic rings. The number of nitrogens with one attached hydrogen (secondary N) is 1. The number of amides is 1. The van der Waals surface area contributed by atoms with E-state index in [1.54, 1.807) is 6.20 Å². The minimum absolute atomic E-state index is 0.0540. The van der Waals surface area contributed by atoms with Crippen LogP contribution in [0.15, 0.2) is 12.3 Å². The van der Waals surface area contributed by atoms with Gasteiger partial charge in [-0.2, -0.15) is 5.10 Å². The van der Waals surface area contributed by atoms with Gasteiger partial charge in [0.15, 0.2) is 0 Å². The van der Waals surface area contributed by atoms with Crippen molar-refractivity contribution in [3.8, 4) is 0 Å². The number of hydrogen-bond acceptors (Lipinski definition) is 3. The SMILES string of the molecule is CC(C1CC1)n1nccc1NC(=O)C1CCCC(N)C1. The monoisotopic (exact) mass is 276 g/mol. The van der Waals surface area contributed by atoms with Gasteiger partial charge in [0.05, 0.1) is 12.2 Å². The van der Waals surface area contributed by atoms with E-state index >= 15 is 0 Å². The topological polar surface area (TPSA) is 72.9 Å². The Kier molecular flexibility index (Phi) is 3.78. The summed E-state index contributed by atoms with van der Waals surface area (Å²) in [6.45, 7) is 2.18. The molecule has 20 heavy (non-hydrogen) atoms. The largest absolute Gasteiger partial charge is 0.328 e. The minimum atomic E-state index is 0.0540. The van der Waals surface area contributed by atoms with Gasteiger partial charge in [-0.05, 0) is 44.9 Å². The van der Waals surface area contributed by atoms with Crippen LogP contribution in [0, 0.1) is 11.8 Å². The van der Waals surface area contributed by atoms with E-state index in [-0.39, 0.29) is 17.9 Å². The summed E-state index contributed by atoms with van der Waals surface area (Å²) in [5.41, 5.74) is 5.96. The van der Waals surface area contributed by atoms with E-state index in [4.69, 9.17) is 5.73 Å². The molecule has 1 amide bonds. The standard InChI is InChI=1S/C15H24N4O/c1-10(11-5-6-11)19-14(7-8-17-19)18-15(20)12-3-2-4-13(16)9-12/h7-8,10-13H,2-6,9,16H2,1H3,(H,18,20). The summed E-state index contributed by atoms with van der Waals surface area (Å²) in [6, 6.07) is 2.43. The Labute approximate surface area is 119 Å². The molecule has 0 saturated heterocycles. The van der Waals surface area contributed by atoms with Gasteiger partial charge in [0.2, 0.25) is 5.91 Å². The Morgan fingerprint density at radius 1 is 1.45 bits per heavy atom. The quantitative estimate of drug-likeness (QED) is 0.886. The van der Waals surface area contributed by atoms with E-state index in [0.717, 1.165) is 31.5 Å². The van der Waals surface area contributed by atoms with Crippen LogP contribution in [0.1, 0.15) is 51.5 Å². The van der Waals surface area contributed by atoms with E-state index in [1.807, 2.05) is 10.7 Å². The van der Waals surface area contributed by atoms with Gasteiger partial charge in [0, 0.05) is 18.0 Å². The summed E-state index contributed by atoms with van der Waals surface area (Å²) < 4.78 is 1.96. The molecule has 5 heteroatoms. The van der Waals surface area contributed by atoms with Gasteiger partial charge in [-0.25, -0.2) is 4.68 Å². The molecule has 0 aliphatic heterocycles. The predicted octanol–water partition coefficient (Wildman–Crippen LogP) is 2.31. The zero-order valence-corrected chi connectivity index (χ0v) is 12.1. The fraction of sp³-hybridized carbons (Fsp3) is 0.733. The Balaban J connectivity index is 1.65. The summed E-state index contributed by atoms with van der Waals surface area (Å²) in [6.07, 6.45) is 8.15. The summed E-state index contributed by atoms with van der Waals surface area (Å²) in [5.74, 6) is 1.70. The molecule has 2 fully saturated rings. The van der Waals surface area contributed by atoms with Gasteiger partial charge in [-0.3, -0.25) is 4.79 Å². The molecule has 0 bridgehead atoms. The molecule has 3 N–H and O–H groups in total. The molecule has 0 aromatic carbocycles. The van der Waals surface area contributed by atoms with Crippen molar-refractivity contribution in [2.45, 2.75) is 57.5 Å². The van der Waals surface area contributed by atoms with Crippen molar-refractivity contribution >= 4 is 11.7 Å².